The predicted octanol–water partition coefficient (Wildman–Crippen LogP) is 15.3. The maximum absolute atomic E-state index is 2.42. The fraction of sp³-hybridized carbons (Fsp3) is 0. The highest BCUT2D eigenvalue weighted by molar-refractivity contribution is 7.25. The maximum atomic E-state index is 2.42. The first-order valence-corrected chi connectivity index (χ1v) is 19.2. The third-order valence-electron chi connectivity index (χ3n) is 10.4. The molecule has 0 bridgehead atoms. The molecule has 0 saturated heterocycles. The average molecular weight is 706 g/mol. The van der Waals surface area contributed by atoms with E-state index in [1.54, 1.807) is 0 Å². The molecule has 1 nitrogen and oxygen atoms in total. The monoisotopic (exact) mass is 705 g/mol. The molecule has 0 N–H and O–H groups in total. The van der Waals surface area contributed by atoms with Crippen molar-refractivity contribution in [1.82, 2.24) is 0 Å². The minimum atomic E-state index is 1.11. The fourth-order valence-electron chi connectivity index (χ4n) is 7.78. The first-order chi connectivity index (χ1) is 26.7. The van der Waals surface area contributed by atoms with Crippen molar-refractivity contribution in [2.24, 2.45) is 0 Å². The first-order valence-electron chi connectivity index (χ1n) is 18.4. The van der Waals surface area contributed by atoms with E-state index in [0.717, 1.165) is 17.1 Å². The average Bonchev–Trinajstić information content (AvgIpc) is 3.62. The van der Waals surface area contributed by atoms with Crippen LogP contribution < -0.4 is 4.90 Å². The minimum Gasteiger partial charge on any atom is -0.310 e. The summed E-state index contributed by atoms with van der Waals surface area (Å²) >= 11 is 1.86. The Balaban J connectivity index is 1.12. The number of nitrogens with zero attached hydrogens (tertiary/aromatic N) is 1. The second kappa shape index (κ2) is 13.7. The molecule has 0 fully saturated rings. The Morgan fingerprint density at radius 3 is 1.57 bits per heavy atom. The van der Waals surface area contributed by atoms with E-state index in [0.29, 0.717) is 0 Å². The van der Waals surface area contributed by atoms with Crippen molar-refractivity contribution in [3.63, 3.8) is 0 Å². The van der Waals surface area contributed by atoms with Gasteiger partial charge in [0, 0.05) is 37.2 Å². The molecule has 2 heteroatoms. The number of benzene rings is 9. The second-order valence-electron chi connectivity index (χ2n) is 13.8. The lowest BCUT2D eigenvalue weighted by molar-refractivity contribution is 1.29. The quantitative estimate of drug-likeness (QED) is 0.160. The lowest BCUT2D eigenvalue weighted by Gasteiger charge is -2.27. The topological polar surface area (TPSA) is 3.24 Å². The molecule has 0 saturated carbocycles. The van der Waals surface area contributed by atoms with Gasteiger partial charge >= 0.3 is 0 Å². The molecule has 1 heterocycles. The summed E-state index contributed by atoms with van der Waals surface area (Å²) in [6, 6.07) is 77.2. The van der Waals surface area contributed by atoms with Crippen molar-refractivity contribution < 1.29 is 0 Å². The highest BCUT2D eigenvalue weighted by atomic mass is 32.1. The van der Waals surface area contributed by atoms with Gasteiger partial charge in [-0.1, -0.05) is 158 Å². The van der Waals surface area contributed by atoms with Crippen LogP contribution >= 0.6 is 11.3 Å². The molecule has 0 amide bonds. The van der Waals surface area contributed by atoms with Gasteiger partial charge in [0.1, 0.15) is 0 Å². The summed E-state index contributed by atoms with van der Waals surface area (Å²) in [4.78, 5) is 2.42. The zero-order chi connectivity index (χ0) is 35.8. The Hall–Kier alpha value is -6.74. The first kappa shape index (κ1) is 32.0. The number of fused-ring (bicyclic) bond motifs is 4. The molecular formula is C52H35NS. The van der Waals surface area contributed by atoms with Crippen LogP contribution in [0.4, 0.5) is 17.1 Å². The third-order valence-corrected chi connectivity index (χ3v) is 11.6. The molecule has 0 spiro atoms. The van der Waals surface area contributed by atoms with Crippen LogP contribution in [-0.2, 0) is 0 Å². The molecule has 0 aliphatic rings. The summed E-state index contributed by atoms with van der Waals surface area (Å²) < 4.78 is 2.59. The normalized spacial score (nSPS) is 11.3. The Bertz CT molecular complexity index is 2860. The smallest absolute Gasteiger partial charge is 0.0476 e. The van der Waals surface area contributed by atoms with E-state index in [4.69, 9.17) is 0 Å². The molecule has 1 aromatic heterocycles. The molecule has 10 aromatic rings. The van der Waals surface area contributed by atoms with Crippen LogP contribution in [0.2, 0.25) is 0 Å². The van der Waals surface area contributed by atoms with Gasteiger partial charge in [-0.15, -0.1) is 11.3 Å². The summed E-state index contributed by atoms with van der Waals surface area (Å²) in [5.41, 5.74) is 12.9. The molecule has 0 unspecified atom stereocenters. The standard InChI is InChI=1S/C52H35NS/c1-3-13-36(14-4-1)42-32-43(37-15-5-2-6-16-37)34-46(33-42)53(45-29-30-50-49-22-9-10-24-51(49)54-52(50)35-45)44-27-25-38(26-28-44)40-19-11-20-41(31-40)48-23-12-18-39-17-7-8-21-47(39)48/h1-35H. The molecule has 0 radical (unpaired) electrons. The molecule has 254 valence electrons. The van der Waals surface area contributed by atoms with Crippen LogP contribution in [0.3, 0.4) is 0 Å². The van der Waals surface area contributed by atoms with E-state index >= 15 is 0 Å². The lowest BCUT2D eigenvalue weighted by Crippen LogP contribution is -2.10. The highest BCUT2D eigenvalue weighted by Crippen LogP contribution is 2.43. The van der Waals surface area contributed by atoms with Crippen LogP contribution in [0.5, 0.6) is 0 Å². The Labute approximate surface area is 319 Å². The van der Waals surface area contributed by atoms with Crippen molar-refractivity contribution >= 4 is 59.3 Å². The van der Waals surface area contributed by atoms with Crippen LogP contribution in [0.25, 0.3) is 75.5 Å². The van der Waals surface area contributed by atoms with Gasteiger partial charge in [0.05, 0.1) is 0 Å². The van der Waals surface area contributed by atoms with Crippen molar-refractivity contribution in [2.45, 2.75) is 0 Å². The van der Waals surface area contributed by atoms with Crippen LogP contribution in [0, 0.1) is 0 Å². The summed E-state index contributed by atoms with van der Waals surface area (Å²) in [7, 11) is 0. The summed E-state index contributed by atoms with van der Waals surface area (Å²) in [6.45, 7) is 0. The SMILES string of the molecule is c1ccc(-c2cc(-c3ccccc3)cc(N(c3ccc(-c4cccc(-c5cccc6ccccc56)c4)cc3)c3ccc4c(c3)sc3ccccc34)c2)cc1. The Morgan fingerprint density at radius 2 is 0.815 bits per heavy atom. The third kappa shape index (κ3) is 5.93. The number of rotatable bonds is 7. The maximum Gasteiger partial charge on any atom is 0.0476 e. The number of hydrogen-bond acceptors (Lipinski definition) is 2. The molecule has 0 aliphatic heterocycles. The summed E-state index contributed by atoms with van der Waals surface area (Å²) in [5.74, 6) is 0. The molecule has 0 atom stereocenters. The van der Waals surface area contributed by atoms with Gasteiger partial charge in [-0.3, -0.25) is 0 Å². The minimum absolute atomic E-state index is 1.11. The Morgan fingerprint density at radius 1 is 0.278 bits per heavy atom. The summed E-state index contributed by atoms with van der Waals surface area (Å²) in [6.07, 6.45) is 0. The predicted molar refractivity (Wildman–Crippen MR) is 233 cm³/mol. The molecule has 9 aromatic carbocycles. The van der Waals surface area contributed by atoms with Gasteiger partial charge in [0.25, 0.3) is 0 Å². The van der Waals surface area contributed by atoms with Crippen LogP contribution in [0.1, 0.15) is 0 Å². The van der Waals surface area contributed by atoms with Crippen molar-refractivity contribution in [1.29, 1.82) is 0 Å². The van der Waals surface area contributed by atoms with Gasteiger partial charge in [-0.25, -0.2) is 0 Å². The van der Waals surface area contributed by atoms with Gasteiger partial charge in [-0.05, 0) is 110 Å². The Kier molecular flexibility index (Phi) is 8.09. The number of thiophene rings is 1. The van der Waals surface area contributed by atoms with E-state index in [2.05, 4.69) is 217 Å². The van der Waals surface area contributed by atoms with Gasteiger partial charge in [-0.2, -0.15) is 0 Å². The van der Waals surface area contributed by atoms with E-state index in [1.165, 1.54) is 75.5 Å². The second-order valence-corrected chi connectivity index (χ2v) is 14.9. The molecular weight excluding hydrogens is 671 g/mol. The van der Waals surface area contributed by atoms with Crippen molar-refractivity contribution in [2.75, 3.05) is 4.90 Å². The molecule has 0 aliphatic carbocycles. The van der Waals surface area contributed by atoms with E-state index in [-0.39, 0.29) is 0 Å². The number of anilines is 3. The van der Waals surface area contributed by atoms with Crippen LogP contribution in [-0.4, -0.2) is 0 Å². The van der Waals surface area contributed by atoms with Gasteiger partial charge < -0.3 is 4.90 Å². The highest BCUT2D eigenvalue weighted by Gasteiger charge is 2.18. The van der Waals surface area contributed by atoms with Gasteiger partial charge in [0.15, 0.2) is 0 Å². The lowest BCUT2D eigenvalue weighted by atomic mass is 9.95. The zero-order valence-corrected chi connectivity index (χ0v) is 30.4. The van der Waals surface area contributed by atoms with Crippen molar-refractivity contribution in [3.8, 4) is 44.5 Å². The molecule has 10 rings (SSSR count). The fourth-order valence-corrected chi connectivity index (χ4v) is 8.92. The van der Waals surface area contributed by atoms with Gasteiger partial charge in [0.2, 0.25) is 0 Å². The van der Waals surface area contributed by atoms with E-state index in [9.17, 15) is 0 Å². The van der Waals surface area contributed by atoms with E-state index in [1.807, 2.05) is 11.3 Å². The van der Waals surface area contributed by atoms with Crippen molar-refractivity contribution in [3.05, 3.63) is 212 Å². The largest absolute Gasteiger partial charge is 0.310 e. The zero-order valence-electron chi connectivity index (χ0n) is 29.6. The van der Waals surface area contributed by atoms with E-state index < -0.39 is 0 Å². The van der Waals surface area contributed by atoms with Crippen LogP contribution in [0.15, 0.2) is 212 Å². The number of hydrogen-bond donors (Lipinski definition) is 0. The molecule has 54 heavy (non-hydrogen) atoms. The summed E-state index contributed by atoms with van der Waals surface area (Å²) in [5, 5.41) is 5.13.